The van der Waals surface area contributed by atoms with Gasteiger partial charge in [-0.15, -0.1) is 71.8 Å². The van der Waals surface area contributed by atoms with Gasteiger partial charge >= 0.3 is 0 Å². The zero-order valence-corrected chi connectivity index (χ0v) is 32.1. The van der Waals surface area contributed by atoms with Crippen molar-refractivity contribution in [3.05, 3.63) is 162 Å². The van der Waals surface area contributed by atoms with Crippen LogP contribution in [0.5, 0.6) is 0 Å². The SMILES string of the molecule is [2H]C(C)(C)c1cccc(C([2H])(C)C)c1-n1c(-c2[c-]cccc2)nc2ccccc21.[2H]C1(c2ccc(-c3ccnc(-c4[c-]cccc4)c3)cc2)CCCC1.[Ir]. The van der Waals surface area contributed by atoms with Gasteiger partial charge in [0.2, 0.25) is 0 Å². The van der Waals surface area contributed by atoms with Crippen molar-refractivity contribution < 1.29 is 24.2 Å². The molecule has 1 aliphatic rings. The van der Waals surface area contributed by atoms with E-state index in [1.807, 2.05) is 131 Å². The Hall–Kier alpha value is -4.63. The van der Waals surface area contributed by atoms with E-state index in [9.17, 15) is 0 Å². The molecule has 0 N–H and O–H groups in total. The Labute approximate surface area is 321 Å². The number of pyridine rings is 1. The zero-order valence-electron chi connectivity index (χ0n) is 32.7. The second-order valence-electron chi connectivity index (χ2n) is 13.3. The molecule has 8 rings (SSSR count). The van der Waals surface area contributed by atoms with Gasteiger partial charge in [-0.2, -0.15) is 0 Å². The number of benzene rings is 5. The summed E-state index contributed by atoms with van der Waals surface area (Å²) in [5.41, 5.74) is 10.7. The average molecular weight is 847 g/mol. The fourth-order valence-corrected chi connectivity index (χ4v) is 6.86. The number of nitrogens with zero attached hydrogens (tertiary/aromatic N) is 3. The fourth-order valence-electron chi connectivity index (χ4n) is 6.86. The topological polar surface area (TPSA) is 30.7 Å². The molecule has 4 heteroatoms. The van der Waals surface area contributed by atoms with Crippen LogP contribution in [0, 0.1) is 12.1 Å². The van der Waals surface area contributed by atoms with Gasteiger partial charge in [0.1, 0.15) is 0 Å². The third-order valence-electron chi connectivity index (χ3n) is 9.43. The standard InChI is InChI=1S/C25H25N2.C22H20N.Ir/c1-17(2)20-13-10-14-21(18(3)4)24(20)27-23-16-9-8-15-22(23)26-25(27)19-11-6-5-7-12-19;1-2-8-20(9-3-1)22-16-21(14-15-23-22)19-12-10-18(11-13-19)17-6-4-5-7-17;/h5-11,13-18H,1-4H3;1-3,8,10-17H,4-7H2;/q2*-1;/i17D,18D;17D;. The van der Waals surface area contributed by atoms with Gasteiger partial charge in [-0.1, -0.05) is 101 Å². The minimum Gasteiger partial charge on any atom is -0.333 e. The molecule has 0 saturated heterocycles. The maximum Gasteiger partial charge on any atom is 0.0774 e. The number of para-hydroxylation sites is 3. The number of fused-ring (bicyclic) bond motifs is 1. The number of hydrogen-bond donors (Lipinski definition) is 0. The van der Waals surface area contributed by atoms with Gasteiger partial charge in [-0.05, 0) is 82.2 Å². The van der Waals surface area contributed by atoms with E-state index in [-0.39, 0.29) is 26.0 Å². The van der Waals surface area contributed by atoms with Gasteiger partial charge in [0.15, 0.2) is 0 Å². The number of imidazole rings is 1. The summed E-state index contributed by atoms with van der Waals surface area (Å²) < 4.78 is 28.3. The molecule has 259 valence electrons. The van der Waals surface area contributed by atoms with Crippen LogP contribution < -0.4 is 0 Å². The zero-order chi connectivity index (χ0) is 37.2. The van der Waals surface area contributed by atoms with Crippen molar-refractivity contribution in [3.63, 3.8) is 0 Å². The average Bonchev–Trinajstić information content (AvgIpc) is 3.80. The first-order chi connectivity index (χ1) is 25.4. The Morgan fingerprint density at radius 1 is 0.706 bits per heavy atom. The summed E-state index contributed by atoms with van der Waals surface area (Å²) in [5.74, 6) is -1.27. The van der Waals surface area contributed by atoms with Gasteiger partial charge in [0, 0.05) is 36.1 Å². The number of aromatic nitrogens is 3. The van der Waals surface area contributed by atoms with Gasteiger partial charge in [-0.25, -0.2) is 0 Å². The maximum atomic E-state index is 8.80. The van der Waals surface area contributed by atoms with Crippen LogP contribution in [0.1, 0.15) is 91.9 Å². The molecule has 2 heterocycles. The Morgan fingerprint density at radius 3 is 1.96 bits per heavy atom. The Kier molecular flexibility index (Phi) is 10.5. The molecule has 0 atom stereocenters. The molecule has 51 heavy (non-hydrogen) atoms. The quantitative estimate of drug-likeness (QED) is 0.150. The van der Waals surface area contributed by atoms with E-state index in [0.717, 1.165) is 74.5 Å². The minimum absolute atomic E-state index is 0. The smallest absolute Gasteiger partial charge is 0.0774 e. The number of hydrogen-bond acceptors (Lipinski definition) is 2. The molecule has 0 spiro atoms. The second kappa shape index (κ2) is 16.6. The molecule has 5 aromatic carbocycles. The minimum atomic E-state index is -0.834. The van der Waals surface area contributed by atoms with E-state index >= 15 is 0 Å². The summed E-state index contributed by atoms with van der Waals surface area (Å²) in [6.45, 7) is 7.56. The van der Waals surface area contributed by atoms with Gasteiger partial charge < -0.3 is 9.55 Å². The monoisotopic (exact) mass is 847 g/mol. The third-order valence-corrected chi connectivity index (χ3v) is 9.43. The summed E-state index contributed by atoms with van der Waals surface area (Å²) in [5, 5.41) is 0. The van der Waals surface area contributed by atoms with Crippen molar-refractivity contribution in [2.45, 2.75) is 71.1 Å². The molecule has 0 aliphatic heterocycles. The molecule has 0 bridgehead atoms. The molecular weight excluding hydrogens is 799 g/mol. The van der Waals surface area contributed by atoms with E-state index in [4.69, 9.17) is 9.10 Å². The van der Waals surface area contributed by atoms with E-state index in [1.54, 1.807) is 0 Å². The second-order valence-corrected chi connectivity index (χ2v) is 13.3. The molecule has 7 aromatic rings. The van der Waals surface area contributed by atoms with Crippen molar-refractivity contribution in [1.29, 1.82) is 0 Å². The van der Waals surface area contributed by atoms with E-state index in [2.05, 4.69) is 52.0 Å². The largest absolute Gasteiger partial charge is 0.333 e. The molecule has 1 aliphatic carbocycles. The van der Waals surface area contributed by atoms with Crippen LogP contribution in [-0.4, -0.2) is 14.5 Å². The van der Waals surface area contributed by atoms with Crippen LogP contribution in [0.25, 0.3) is 50.5 Å². The molecule has 2 aromatic heterocycles. The predicted molar refractivity (Wildman–Crippen MR) is 209 cm³/mol. The van der Waals surface area contributed by atoms with Crippen LogP contribution in [0.4, 0.5) is 0 Å². The van der Waals surface area contributed by atoms with Crippen molar-refractivity contribution in [2.24, 2.45) is 0 Å². The van der Waals surface area contributed by atoms with Gasteiger partial charge in [-0.3, -0.25) is 4.98 Å². The first-order valence-corrected chi connectivity index (χ1v) is 17.6. The maximum absolute atomic E-state index is 8.80. The molecule has 1 saturated carbocycles. The molecule has 1 fully saturated rings. The van der Waals surface area contributed by atoms with Gasteiger partial charge in [0.25, 0.3) is 0 Å². The fraction of sp³-hybridized carbons (Fsp3) is 0.234. The summed E-state index contributed by atoms with van der Waals surface area (Å²) in [6.07, 6.45) is 6.16. The van der Waals surface area contributed by atoms with Gasteiger partial charge in [0.05, 0.1) is 16.9 Å². The van der Waals surface area contributed by atoms with Crippen LogP contribution in [0.2, 0.25) is 0 Å². The van der Waals surface area contributed by atoms with Crippen LogP contribution in [-0.2, 0) is 20.1 Å². The Morgan fingerprint density at radius 2 is 1.33 bits per heavy atom. The Bertz CT molecular complexity index is 2290. The van der Waals surface area contributed by atoms with E-state index in [1.165, 1.54) is 18.4 Å². The van der Waals surface area contributed by atoms with Crippen molar-refractivity contribution in [3.8, 4) is 39.5 Å². The van der Waals surface area contributed by atoms with Crippen molar-refractivity contribution in [2.75, 3.05) is 0 Å². The number of rotatable bonds is 7. The summed E-state index contributed by atoms with van der Waals surface area (Å²) in [4.78, 5) is 9.38. The third kappa shape index (κ3) is 7.99. The molecular formula is C47H45IrN3-2. The predicted octanol–water partition coefficient (Wildman–Crippen LogP) is 12.6. The van der Waals surface area contributed by atoms with Crippen LogP contribution >= 0.6 is 0 Å². The summed E-state index contributed by atoms with van der Waals surface area (Å²) in [7, 11) is 0. The van der Waals surface area contributed by atoms with E-state index in [0.29, 0.717) is 0 Å². The normalized spacial score (nSPS) is 14.8. The molecule has 0 amide bonds. The van der Waals surface area contributed by atoms with Crippen molar-refractivity contribution >= 4 is 11.0 Å². The molecule has 3 nitrogen and oxygen atoms in total. The van der Waals surface area contributed by atoms with E-state index < -0.39 is 11.8 Å². The summed E-state index contributed by atoms with van der Waals surface area (Å²) in [6, 6.07) is 48.9. The Balaban J connectivity index is 0.000000184. The van der Waals surface area contributed by atoms with Crippen LogP contribution in [0.3, 0.4) is 0 Å². The molecule has 1 radical (unpaired) electrons. The first kappa shape index (κ1) is 32.3. The summed E-state index contributed by atoms with van der Waals surface area (Å²) >= 11 is 0. The van der Waals surface area contributed by atoms with Crippen LogP contribution in [0.15, 0.2) is 134 Å². The van der Waals surface area contributed by atoms with Crippen molar-refractivity contribution in [1.82, 2.24) is 14.5 Å². The molecule has 0 unspecified atom stereocenters. The first-order valence-electron chi connectivity index (χ1n) is 19.1.